The van der Waals surface area contributed by atoms with Gasteiger partial charge < -0.3 is 25.4 Å². The number of nitrogens with two attached hydrogens (primary N) is 2. The highest BCUT2D eigenvalue weighted by Gasteiger charge is 2.17. The molecule has 24 heavy (non-hydrogen) atoms. The van der Waals surface area contributed by atoms with E-state index in [1.54, 1.807) is 20.5 Å². The van der Waals surface area contributed by atoms with Gasteiger partial charge >= 0.3 is 0 Å². The fourth-order valence-electron chi connectivity index (χ4n) is 2.80. The van der Waals surface area contributed by atoms with Crippen LogP contribution in [0.25, 0.3) is 11.1 Å². The molecule has 3 aromatic rings. The van der Waals surface area contributed by atoms with Gasteiger partial charge in [-0.2, -0.15) is 9.97 Å². The molecule has 2 heterocycles. The molecule has 2 aromatic heterocycles. The Bertz CT molecular complexity index is 876. The van der Waals surface area contributed by atoms with Crippen molar-refractivity contribution < 1.29 is 13.9 Å². The second kappa shape index (κ2) is 6.27. The lowest BCUT2D eigenvalue weighted by Gasteiger charge is -2.14. The third kappa shape index (κ3) is 2.80. The molecule has 0 radical (unpaired) electrons. The molecule has 4 N–H and O–H groups in total. The Labute approximate surface area is 139 Å². The second-order valence-electron chi connectivity index (χ2n) is 5.63. The van der Waals surface area contributed by atoms with Crippen LogP contribution in [0.15, 0.2) is 28.9 Å². The van der Waals surface area contributed by atoms with Gasteiger partial charge in [-0.3, -0.25) is 0 Å². The zero-order valence-electron chi connectivity index (χ0n) is 13.9. The predicted molar refractivity (Wildman–Crippen MR) is 92.3 cm³/mol. The van der Waals surface area contributed by atoms with Crippen molar-refractivity contribution in [2.24, 2.45) is 0 Å². The molecule has 0 amide bonds. The fourth-order valence-corrected chi connectivity index (χ4v) is 2.80. The molecule has 0 bridgehead atoms. The van der Waals surface area contributed by atoms with E-state index in [1.165, 1.54) is 0 Å². The summed E-state index contributed by atoms with van der Waals surface area (Å²) >= 11 is 0. The number of methoxy groups -OCH3 is 2. The minimum absolute atomic E-state index is 0.105. The Balaban J connectivity index is 1.91. The molecule has 0 fully saturated rings. The number of fused-ring (bicyclic) bond motifs is 1. The van der Waals surface area contributed by atoms with Gasteiger partial charge in [-0.25, -0.2) is 0 Å². The van der Waals surface area contributed by atoms with E-state index in [9.17, 15) is 0 Å². The van der Waals surface area contributed by atoms with Crippen LogP contribution in [0, 0.1) is 0 Å². The van der Waals surface area contributed by atoms with Crippen LogP contribution in [-0.4, -0.2) is 24.2 Å². The molecule has 0 saturated carbocycles. The van der Waals surface area contributed by atoms with Gasteiger partial charge in [-0.05, 0) is 30.0 Å². The number of hydrogen-bond donors (Lipinski definition) is 2. The number of rotatable bonds is 5. The van der Waals surface area contributed by atoms with Crippen LogP contribution in [-0.2, 0) is 6.42 Å². The Kier molecular flexibility index (Phi) is 4.16. The molecule has 0 aliphatic heterocycles. The topological polar surface area (TPSA) is 109 Å². The van der Waals surface area contributed by atoms with E-state index < -0.39 is 0 Å². The first-order valence-corrected chi connectivity index (χ1v) is 7.54. The molecule has 3 rings (SSSR count). The maximum Gasteiger partial charge on any atom is 0.233 e. The maximum absolute atomic E-state index is 5.97. The van der Waals surface area contributed by atoms with E-state index in [0.717, 1.165) is 22.9 Å². The molecule has 7 nitrogen and oxygen atoms in total. The molecule has 0 aliphatic rings. The number of anilines is 2. The summed E-state index contributed by atoms with van der Waals surface area (Å²) in [6.07, 6.45) is 2.38. The Morgan fingerprint density at radius 1 is 1.12 bits per heavy atom. The van der Waals surface area contributed by atoms with E-state index in [0.29, 0.717) is 23.0 Å². The largest absolute Gasteiger partial charge is 0.493 e. The lowest BCUT2D eigenvalue weighted by molar-refractivity contribution is 0.354. The molecule has 0 saturated heterocycles. The Hall–Kier alpha value is -2.96. The Morgan fingerprint density at radius 2 is 1.88 bits per heavy atom. The molecular formula is C17H20N4O3. The van der Waals surface area contributed by atoms with E-state index in [-0.39, 0.29) is 11.9 Å². The summed E-state index contributed by atoms with van der Waals surface area (Å²) in [5.41, 5.74) is 14.1. The van der Waals surface area contributed by atoms with E-state index >= 15 is 0 Å². The SMILES string of the molecule is COc1ccc(C(C)Cc2coc3nc(N)nc(N)c23)cc1OC. The summed E-state index contributed by atoms with van der Waals surface area (Å²) < 4.78 is 16.1. The van der Waals surface area contributed by atoms with Gasteiger partial charge in [0.25, 0.3) is 0 Å². The van der Waals surface area contributed by atoms with Crippen LogP contribution in [0.1, 0.15) is 24.0 Å². The van der Waals surface area contributed by atoms with Crippen molar-refractivity contribution >= 4 is 22.9 Å². The molecule has 0 aliphatic carbocycles. The normalized spacial score (nSPS) is 12.3. The van der Waals surface area contributed by atoms with Crippen LogP contribution in [0.4, 0.5) is 11.8 Å². The highest BCUT2D eigenvalue weighted by Crippen LogP contribution is 2.34. The summed E-state index contributed by atoms with van der Waals surface area (Å²) in [6, 6.07) is 5.89. The third-order valence-corrected chi connectivity index (χ3v) is 4.06. The van der Waals surface area contributed by atoms with Crippen molar-refractivity contribution in [3.63, 3.8) is 0 Å². The fraction of sp³-hybridized carbons (Fsp3) is 0.294. The molecule has 126 valence electrons. The first kappa shape index (κ1) is 15.9. The molecule has 7 heteroatoms. The molecule has 0 spiro atoms. The molecule has 1 atom stereocenters. The predicted octanol–water partition coefficient (Wildman–Crippen LogP) is 2.75. The van der Waals surface area contributed by atoms with Crippen LogP contribution >= 0.6 is 0 Å². The zero-order valence-corrected chi connectivity index (χ0v) is 13.9. The van der Waals surface area contributed by atoms with Gasteiger partial charge in [0, 0.05) is 5.56 Å². The lowest BCUT2D eigenvalue weighted by atomic mass is 9.93. The van der Waals surface area contributed by atoms with Gasteiger partial charge in [0.05, 0.1) is 25.9 Å². The van der Waals surface area contributed by atoms with Crippen LogP contribution in [0.5, 0.6) is 11.5 Å². The minimum atomic E-state index is 0.105. The highest BCUT2D eigenvalue weighted by molar-refractivity contribution is 5.88. The number of hydrogen-bond acceptors (Lipinski definition) is 7. The van der Waals surface area contributed by atoms with Crippen molar-refractivity contribution in [1.82, 2.24) is 9.97 Å². The molecular weight excluding hydrogens is 308 g/mol. The first-order chi connectivity index (χ1) is 11.5. The molecule has 1 unspecified atom stereocenters. The summed E-state index contributed by atoms with van der Waals surface area (Å²) in [4.78, 5) is 8.08. The van der Waals surface area contributed by atoms with Gasteiger partial charge in [0.1, 0.15) is 5.82 Å². The van der Waals surface area contributed by atoms with Crippen LogP contribution in [0.2, 0.25) is 0 Å². The summed E-state index contributed by atoms with van der Waals surface area (Å²) in [6.45, 7) is 2.12. The van der Waals surface area contributed by atoms with Crippen molar-refractivity contribution in [1.29, 1.82) is 0 Å². The van der Waals surface area contributed by atoms with Crippen molar-refractivity contribution in [3.8, 4) is 11.5 Å². The first-order valence-electron chi connectivity index (χ1n) is 7.54. The van der Waals surface area contributed by atoms with Crippen molar-refractivity contribution in [2.45, 2.75) is 19.3 Å². The monoisotopic (exact) mass is 328 g/mol. The maximum atomic E-state index is 5.97. The summed E-state index contributed by atoms with van der Waals surface area (Å²) in [7, 11) is 3.24. The standard InChI is InChI=1S/C17H20N4O3/c1-9(10-4-5-12(22-2)13(7-10)23-3)6-11-8-24-16-14(11)15(18)20-17(19)21-16/h4-5,7-9H,6H2,1-3H3,(H4,18,19,20,21). The Morgan fingerprint density at radius 3 is 2.58 bits per heavy atom. The minimum Gasteiger partial charge on any atom is -0.493 e. The van der Waals surface area contributed by atoms with E-state index in [4.69, 9.17) is 25.4 Å². The van der Waals surface area contributed by atoms with Crippen molar-refractivity contribution in [2.75, 3.05) is 25.7 Å². The van der Waals surface area contributed by atoms with Crippen molar-refractivity contribution in [3.05, 3.63) is 35.6 Å². The number of furan rings is 1. The quantitative estimate of drug-likeness (QED) is 0.741. The third-order valence-electron chi connectivity index (χ3n) is 4.06. The van der Waals surface area contributed by atoms with Gasteiger partial charge in [-0.15, -0.1) is 0 Å². The smallest absolute Gasteiger partial charge is 0.233 e. The second-order valence-corrected chi connectivity index (χ2v) is 5.63. The van der Waals surface area contributed by atoms with Gasteiger partial charge in [-0.1, -0.05) is 13.0 Å². The number of ether oxygens (including phenoxy) is 2. The average Bonchev–Trinajstić information content (AvgIpc) is 2.96. The summed E-state index contributed by atoms with van der Waals surface area (Å²) in [5, 5.41) is 0.719. The summed E-state index contributed by atoms with van der Waals surface area (Å²) in [5.74, 6) is 2.06. The number of nitrogen functional groups attached to an aromatic ring is 2. The van der Waals surface area contributed by atoms with Gasteiger partial charge in [0.2, 0.25) is 11.7 Å². The number of benzene rings is 1. The van der Waals surface area contributed by atoms with Crippen LogP contribution in [0.3, 0.4) is 0 Å². The van der Waals surface area contributed by atoms with Crippen LogP contribution < -0.4 is 20.9 Å². The zero-order chi connectivity index (χ0) is 17.3. The highest BCUT2D eigenvalue weighted by atomic mass is 16.5. The van der Waals surface area contributed by atoms with Gasteiger partial charge in [0.15, 0.2) is 11.5 Å². The van der Waals surface area contributed by atoms with E-state index in [1.807, 2.05) is 18.2 Å². The number of aromatic nitrogens is 2. The van der Waals surface area contributed by atoms with E-state index in [2.05, 4.69) is 16.9 Å². The molecule has 1 aromatic carbocycles. The number of nitrogens with zero attached hydrogens (tertiary/aromatic N) is 2. The lowest BCUT2D eigenvalue weighted by Crippen LogP contribution is -2.03. The average molecular weight is 328 g/mol.